The van der Waals surface area contributed by atoms with Gasteiger partial charge in [-0.05, 0) is 31.7 Å². The third kappa shape index (κ3) is 6.02. The summed E-state index contributed by atoms with van der Waals surface area (Å²) in [5.74, 6) is 0.261. The van der Waals surface area contributed by atoms with Crippen molar-refractivity contribution in [2.24, 2.45) is 5.73 Å². The van der Waals surface area contributed by atoms with Crippen LogP contribution in [0.25, 0.3) is 0 Å². The lowest BCUT2D eigenvalue weighted by Gasteiger charge is -2.36. The number of nitrogens with two attached hydrogens (primary N) is 1. The van der Waals surface area contributed by atoms with E-state index in [1.54, 1.807) is 0 Å². The van der Waals surface area contributed by atoms with Gasteiger partial charge >= 0.3 is 0 Å². The van der Waals surface area contributed by atoms with Crippen LogP contribution in [0.3, 0.4) is 0 Å². The average molecular weight is 385 g/mol. The fraction of sp³-hybridized carbons (Fsp3) is 0.611. The van der Waals surface area contributed by atoms with Gasteiger partial charge in [-0.1, -0.05) is 11.6 Å². The highest BCUT2D eigenvalue weighted by atomic mass is 35.5. The number of nitrogens with one attached hydrogen (secondary N) is 1. The second kappa shape index (κ2) is 9.97. The molecule has 2 rings (SSSR count). The Morgan fingerprint density at radius 2 is 2.04 bits per heavy atom. The second-order valence-electron chi connectivity index (χ2n) is 6.68. The lowest BCUT2D eigenvalue weighted by molar-refractivity contribution is -0.119. The third-order valence-corrected chi connectivity index (χ3v) is 4.86. The number of piperazine rings is 1. The minimum atomic E-state index is -0.563. The van der Waals surface area contributed by atoms with Crippen LogP contribution >= 0.6 is 11.6 Å². The highest BCUT2D eigenvalue weighted by molar-refractivity contribution is 6.32. The molecule has 146 valence electrons. The molecule has 3 N–H and O–H groups in total. The van der Waals surface area contributed by atoms with Gasteiger partial charge in [-0.2, -0.15) is 0 Å². The zero-order chi connectivity index (χ0) is 19.1. The number of rotatable bonds is 9. The number of ether oxygens (including phenoxy) is 2. The molecule has 0 aliphatic carbocycles. The molecule has 1 saturated heterocycles. The summed E-state index contributed by atoms with van der Waals surface area (Å²) < 4.78 is 10.7. The molecule has 0 bridgehead atoms. The highest BCUT2D eigenvalue weighted by Gasteiger charge is 2.19. The first-order chi connectivity index (χ1) is 12.4. The number of likely N-dealkylation sites (N-methyl/N-ethyl adjacent to an activating group) is 1. The number of nitrogens with zero attached hydrogens (tertiary/aromatic N) is 2. The number of primary amides is 1. The van der Waals surface area contributed by atoms with E-state index in [4.69, 9.17) is 26.8 Å². The first-order valence-electron chi connectivity index (χ1n) is 8.81. The van der Waals surface area contributed by atoms with Crippen molar-refractivity contribution in [2.75, 3.05) is 53.5 Å². The van der Waals surface area contributed by atoms with E-state index in [0.29, 0.717) is 29.1 Å². The molecule has 0 aromatic heterocycles. The third-order valence-electron chi connectivity index (χ3n) is 4.58. The maximum atomic E-state index is 10.9. The number of carbonyl (C=O) groups is 1. The lowest BCUT2D eigenvalue weighted by atomic mass is 10.2. The maximum absolute atomic E-state index is 10.9. The van der Waals surface area contributed by atoms with Crippen LogP contribution in [-0.2, 0) is 11.3 Å². The molecule has 1 aromatic carbocycles. The smallest absolute Gasteiger partial charge is 0.255 e. The monoisotopic (exact) mass is 384 g/mol. The minimum absolute atomic E-state index is 0.240. The van der Waals surface area contributed by atoms with E-state index in [-0.39, 0.29) is 6.61 Å². The highest BCUT2D eigenvalue weighted by Crippen LogP contribution is 2.36. The molecule has 0 saturated carbocycles. The number of hydrogen-bond acceptors (Lipinski definition) is 6. The molecule has 1 aliphatic rings. The predicted octanol–water partition coefficient (Wildman–Crippen LogP) is 0.938. The minimum Gasteiger partial charge on any atom is -0.493 e. The average Bonchev–Trinajstić information content (AvgIpc) is 2.60. The summed E-state index contributed by atoms with van der Waals surface area (Å²) >= 11 is 6.28. The largest absolute Gasteiger partial charge is 0.493 e. The Bertz CT molecular complexity index is 606. The Kier molecular flexibility index (Phi) is 7.96. The number of methoxy groups -OCH3 is 1. The number of benzene rings is 1. The molecule has 26 heavy (non-hydrogen) atoms. The topological polar surface area (TPSA) is 80.1 Å². The summed E-state index contributed by atoms with van der Waals surface area (Å²) in [7, 11) is 3.70. The SMILES string of the molecule is COc1cc(CNCC(C)N2CCN(C)CC2)cc(Cl)c1OCC(N)=O. The molecule has 1 atom stereocenters. The van der Waals surface area contributed by atoms with Crippen LogP contribution in [0.5, 0.6) is 11.5 Å². The van der Waals surface area contributed by atoms with Crippen LogP contribution in [0.1, 0.15) is 12.5 Å². The first-order valence-corrected chi connectivity index (χ1v) is 9.19. The molecule has 1 aromatic rings. The van der Waals surface area contributed by atoms with Crippen molar-refractivity contribution in [3.63, 3.8) is 0 Å². The molecule has 1 fully saturated rings. The number of carbonyl (C=O) groups excluding carboxylic acids is 1. The van der Waals surface area contributed by atoms with Crippen molar-refractivity contribution >= 4 is 17.5 Å². The molecular formula is C18H29ClN4O3. The van der Waals surface area contributed by atoms with Crippen molar-refractivity contribution in [1.82, 2.24) is 15.1 Å². The zero-order valence-corrected chi connectivity index (χ0v) is 16.5. The molecule has 8 heteroatoms. The Labute approximate surface area is 160 Å². The summed E-state index contributed by atoms with van der Waals surface area (Å²) in [6.45, 7) is 8.00. The van der Waals surface area contributed by atoms with Gasteiger partial charge in [0.1, 0.15) is 0 Å². The Balaban J connectivity index is 1.89. The van der Waals surface area contributed by atoms with E-state index < -0.39 is 5.91 Å². The quantitative estimate of drug-likeness (QED) is 0.659. The van der Waals surface area contributed by atoms with Gasteiger partial charge in [0.05, 0.1) is 12.1 Å². The van der Waals surface area contributed by atoms with Gasteiger partial charge in [0.25, 0.3) is 5.91 Å². The number of hydrogen-bond donors (Lipinski definition) is 2. The van der Waals surface area contributed by atoms with Crippen molar-refractivity contribution in [3.05, 3.63) is 22.7 Å². The molecule has 1 unspecified atom stereocenters. The van der Waals surface area contributed by atoms with Gasteiger partial charge in [-0.25, -0.2) is 0 Å². The molecule has 0 spiro atoms. The molecule has 1 amide bonds. The van der Waals surface area contributed by atoms with Crippen LogP contribution in [-0.4, -0.2) is 75.2 Å². The van der Waals surface area contributed by atoms with Crippen molar-refractivity contribution < 1.29 is 14.3 Å². The van der Waals surface area contributed by atoms with Crippen molar-refractivity contribution in [2.45, 2.75) is 19.5 Å². The van der Waals surface area contributed by atoms with Crippen molar-refractivity contribution in [1.29, 1.82) is 0 Å². The van der Waals surface area contributed by atoms with Crippen LogP contribution in [0.15, 0.2) is 12.1 Å². The standard InChI is InChI=1S/C18H29ClN4O3/c1-13(23-6-4-22(2)5-7-23)10-21-11-14-8-15(19)18(16(9-14)25-3)26-12-17(20)24/h8-9,13,21H,4-7,10-12H2,1-3H3,(H2,20,24). The maximum Gasteiger partial charge on any atom is 0.255 e. The number of halogens is 1. The van der Waals surface area contributed by atoms with E-state index in [2.05, 4.69) is 29.1 Å². The van der Waals surface area contributed by atoms with Gasteiger partial charge in [-0.15, -0.1) is 0 Å². The fourth-order valence-electron chi connectivity index (χ4n) is 2.98. The van der Waals surface area contributed by atoms with Crippen LogP contribution in [0.4, 0.5) is 0 Å². The zero-order valence-electron chi connectivity index (χ0n) is 15.8. The van der Waals surface area contributed by atoms with Gasteiger partial charge in [0.2, 0.25) is 0 Å². The van der Waals surface area contributed by atoms with E-state index in [9.17, 15) is 4.79 Å². The summed E-state index contributed by atoms with van der Waals surface area (Å²) in [6, 6.07) is 4.14. The summed E-state index contributed by atoms with van der Waals surface area (Å²) in [5.41, 5.74) is 6.10. The van der Waals surface area contributed by atoms with Gasteiger partial charge in [0, 0.05) is 45.3 Å². The first kappa shape index (κ1) is 20.8. The van der Waals surface area contributed by atoms with E-state index >= 15 is 0 Å². The van der Waals surface area contributed by atoms with Gasteiger partial charge < -0.3 is 25.4 Å². The van der Waals surface area contributed by atoms with E-state index in [1.165, 1.54) is 7.11 Å². The van der Waals surface area contributed by atoms with Crippen LogP contribution in [0, 0.1) is 0 Å². The fourth-order valence-corrected chi connectivity index (χ4v) is 3.26. The number of amides is 1. The Morgan fingerprint density at radius 3 is 2.65 bits per heavy atom. The Hall–Kier alpha value is -1.54. The van der Waals surface area contributed by atoms with Crippen molar-refractivity contribution in [3.8, 4) is 11.5 Å². The normalized spacial score (nSPS) is 17.1. The van der Waals surface area contributed by atoms with Crippen LogP contribution in [0.2, 0.25) is 5.02 Å². The summed E-state index contributed by atoms with van der Waals surface area (Å²) in [6.07, 6.45) is 0. The molecule has 0 radical (unpaired) electrons. The lowest BCUT2D eigenvalue weighted by Crippen LogP contribution is -2.50. The molecule has 1 aliphatic heterocycles. The summed E-state index contributed by atoms with van der Waals surface area (Å²) in [5, 5.41) is 3.87. The predicted molar refractivity (Wildman–Crippen MR) is 103 cm³/mol. The van der Waals surface area contributed by atoms with Gasteiger partial charge in [0.15, 0.2) is 18.1 Å². The molecule has 1 heterocycles. The van der Waals surface area contributed by atoms with Crippen LogP contribution < -0.4 is 20.5 Å². The van der Waals surface area contributed by atoms with E-state index in [0.717, 1.165) is 38.3 Å². The second-order valence-corrected chi connectivity index (χ2v) is 7.09. The molecular weight excluding hydrogens is 356 g/mol. The molecule has 7 nitrogen and oxygen atoms in total. The van der Waals surface area contributed by atoms with E-state index in [1.807, 2.05) is 12.1 Å². The summed E-state index contributed by atoms with van der Waals surface area (Å²) in [4.78, 5) is 15.8. The Morgan fingerprint density at radius 1 is 1.35 bits per heavy atom. The van der Waals surface area contributed by atoms with Gasteiger partial charge in [-0.3, -0.25) is 9.69 Å².